The molecule has 0 aromatic carbocycles. The Kier molecular flexibility index (Phi) is 3.86. The second-order valence-corrected chi connectivity index (χ2v) is 6.65. The smallest absolute Gasteiger partial charge is 0.344 e. The van der Waals surface area contributed by atoms with Crippen molar-refractivity contribution < 1.29 is 19.3 Å². The molecule has 9 nitrogen and oxygen atoms in total. The molecule has 0 bridgehead atoms. The van der Waals surface area contributed by atoms with Crippen LogP contribution in [-0.4, -0.2) is 63.2 Å². The Bertz CT molecular complexity index is 735. The molecule has 2 fully saturated rings. The SMILES string of the molecule is C[N+](=C1CCCN1)c1nc(N2CC(C)(C)NC2=O)ncc1C(=O)O. The number of nitrogens with zero attached hydrogens (tertiary/aromatic N) is 4. The van der Waals surface area contributed by atoms with Gasteiger partial charge in [0.1, 0.15) is 0 Å². The third-order valence-electron chi connectivity index (χ3n) is 4.11. The van der Waals surface area contributed by atoms with Crippen molar-refractivity contribution >= 4 is 29.6 Å². The molecule has 3 N–H and O–H groups in total. The van der Waals surface area contributed by atoms with E-state index in [4.69, 9.17) is 0 Å². The van der Waals surface area contributed by atoms with Crippen molar-refractivity contribution in [2.45, 2.75) is 32.2 Å². The van der Waals surface area contributed by atoms with E-state index in [1.54, 1.807) is 11.6 Å². The van der Waals surface area contributed by atoms with E-state index in [0.29, 0.717) is 6.54 Å². The summed E-state index contributed by atoms with van der Waals surface area (Å²) in [6, 6.07) is -0.289. The molecule has 0 radical (unpaired) electrons. The average molecular weight is 333 g/mol. The maximum absolute atomic E-state index is 12.1. The van der Waals surface area contributed by atoms with Gasteiger partial charge >= 0.3 is 17.9 Å². The molecule has 9 heteroatoms. The highest BCUT2D eigenvalue weighted by Gasteiger charge is 2.39. The fraction of sp³-hybridized carbons (Fsp3) is 0.533. The minimum absolute atomic E-state index is 0.00122. The van der Waals surface area contributed by atoms with Gasteiger partial charge < -0.3 is 15.7 Å². The van der Waals surface area contributed by atoms with Crippen LogP contribution in [0.2, 0.25) is 0 Å². The van der Waals surface area contributed by atoms with Gasteiger partial charge in [0.2, 0.25) is 0 Å². The number of amidine groups is 1. The summed E-state index contributed by atoms with van der Waals surface area (Å²) in [6.45, 7) is 5.07. The third-order valence-corrected chi connectivity index (χ3v) is 4.11. The van der Waals surface area contributed by atoms with Crippen molar-refractivity contribution in [2.24, 2.45) is 0 Å². The molecule has 0 atom stereocenters. The van der Waals surface area contributed by atoms with Crippen LogP contribution in [0.15, 0.2) is 6.20 Å². The first-order valence-electron chi connectivity index (χ1n) is 7.82. The number of hydrogen-bond donors (Lipinski definition) is 3. The van der Waals surface area contributed by atoms with E-state index in [2.05, 4.69) is 20.6 Å². The van der Waals surface area contributed by atoms with E-state index in [1.807, 2.05) is 13.8 Å². The number of hydrogen-bond acceptors (Lipinski definition) is 4. The van der Waals surface area contributed by atoms with Crippen molar-refractivity contribution in [3.63, 3.8) is 0 Å². The zero-order valence-corrected chi connectivity index (χ0v) is 14.0. The van der Waals surface area contributed by atoms with Gasteiger partial charge in [0, 0.05) is 6.42 Å². The van der Waals surface area contributed by atoms with Crippen LogP contribution in [0, 0.1) is 0 Å². The number of carbonyl (C=O) groups excluding carboxylic acids is 1. The monoisotopic (exact) mass is 333 g/mol. The highest BCUT2D eigenvalue weighted by molar-refractivity contribution is 5.95. The van der Waals surface area contributed by atoms with E-state index in [0.717, 1.165) is 25.2 Å². The van der Waals surface area contributed by atoms with Crippen molar-refractivity contribution in [1.29, 1.82) is 0 Å². The Morgan fingerprint density at radius 3 is 2.75 bits per heavy atom. The standard InChI is InChI=1S/C15H20N6O3/c1-15(2)8-21(14(24)19-15)13-17-7-9(12(22)23)11(18-13)20(3)10-5-4-6-16-10/h7H,4-6,8H2,1-3H3,(H2,19,22,23,24)/p+1. The molecule has 128 valence electrons. The van der Waals surface area contributed by atoms with E-state index in [9.17, 15) is 14.7 Å². The van der Waals surface area contributed by atoms with Crippen LogP contribution in [0.3, 0.4) is 0 Å². The summed E-state index contributed by atoms with van der Waals surface area (Å²) < 4.78 is 1.72. The summed E-state index contributed by atoms with van der Waals surface area (Å²) in [5.74, 6) is 0.277. The molecule has 0 spiro atoms. The zero-order valence-electron chi connectivity index (χ0n) is 14.0. The molecule has 1 aromatic rings. The first-order chi connectivity index (χ1) is 11.3. The summed E-state index contributed by atoms with van der Waals surface area (Å²) in [7, 11) is 1.76. The van der Waals surface area contributed by atoms with Gasteiger partial charge in [-0.15, -0.1) is 0 Å². The Balaban J connectivity index is 2.05. The van der Waals surface area contributed by atoms with E-state index >= 15 is 0 Å². The van der Waals surface area contributed by atoms with Crippen molar-refractivity contribution in [2.75, 3.05) is 25.0 Å². The average Bonchev–Trinajstić information content (AvgIpc) is 3.13. The predicted octanol–water partition coefficient (Wildman–Crippen LogP) is 0.539. The highest BCUT2D eigenvalue weighted by atomic mass is 16.4. The normalized spacial score (nSPS) is 21.5. The molecular weight excluding hydrogens is 312 g/mol. The summed E-state index contributed by atoms with van der Waals surface area (Å²) in [4.78, 5) is 33.5. The molecule has 0 unspecified atom stereocenters. The lowest BCUT2D eigenvalue weighted by Gasteiger charge is -2.15. The zero-order chi connectivity index (χ0) is 17.5. The van der Waals surface area contributed by atoms with Gasteiger partial charge in [-0.25, -0.2) is 24.0 Å². The van der Waals surface area contributed by atoms with E-state index in [1.165, 1.54) is 11.1 Å². The number of carboxylic acid groups (broad SMARTS) is 1. The minimum Gasteiger partial charge on any atom is -0.477 e. The molecular formula is C15H21N6O3+. The van der Waals surface area contributed by atoms with Gasteiger partial charge in [-0.2, -0.15) is 0 Å². The Labute approximate surface area is 139 Å². The number of nitrogens with one attached hydrogen (secondary N) is 2. The first kappa shape index (κ1) is 16.2. The lowest BCUT2D eigenvalue weighted by Crippen LogP contribution is -2.36. The quantitative estimate of drug-likeness (QED) is 0.696. The van der Waals surface area contributed by atoms with E-state index < -0.39 is 5.97 Å². The fourth-order valence-corrected chi connectivity index (χ4v) is 2.92. The van der Waals surface area contributed by atoms with Crippen LogP contribution in [0.25, 0.3) is 0 Å². The molecule has 3 rings (SSSR count). The van der Waals surface area contributed by atoms with Gasteiger partial charge in [-0.05, 0) is 20.3 Å². The second-order valence-electron chi connectivity index (χ2n) is 6.65. The summed E-state index contributed by atoms with van der Waals surface area (Å²) in [5, 5.41) is 15.5. The molecule has 2 saturated heterocycles. The predicted molar refractivity (Wildman–Crippen MR) is 87.0 cm³/mol. The maximum Gasteiger partial charge on any atom is 0.344 e. The van der Waals surface area contributed by atoms with Gasteiger partial charge in [0.15, 0.2) is 11.4 Å². The topological polar surface area (TPSA) is 110 Å². The summed E-state index contributed by atoms with van der Waals surface area (Å²) in [6.07, 6.45) is 3.07. The molecule has 1 aromatic heterocycles. The number of anilines is 1. The summed E-state index contributed by atoms with van der Waals surface area (Å²) in [5.41, 5.74) is -0.388. The Morgan fingerprint density at radius 1 is 1.46 bits per heavy atom. The van der Waals surface area contributed by atoms with Crippen LogP contribution < -0.4 is 15.5 Å². The largest absolute Gasteiger partial charge is 0.477 e. The lowest BCUT2D eigenvalue weighted by molar-refractivity contribution is -0.412. The lowest BCUT2D eigenvalue weighted by atomic mass is 10.1. The molecule has 0 aliphatic carbocycles. The maximum atomic E-state index is 12.1. The molecule has 2 aliphatic rings. The Morgan fingerprint density at radius 2 is 2.21 bits per heavy atom. The molecule has 24 heavy (non-hydrogen) atoms. The minimum atomic E-state index is -1.10. The number of aromatic nitrogens is 2. The Hall–Kier alpha value is -2.71. The number of amides is 2. The number of aromatic carboxylic acids is 1. The number of urea groups is 1. The number of rotatable bonds is 3. The summed E-state index contributed by atoms with van der Waals surface area (Å²) >= 11 is 0. The first-order valence-corrected chi connectivity index (χ1v) is 7.82. The van der Waals surface area contributed by atoms with Crippen LogP contribution in [0.5, 0.6) is 0 Å². The van der Waals surface area contributed by atoms with Crippen molar-refractivity contribution in [1.82, 2.24) is 20.6 Å². The van der Waals surface area contributed by atoms with Crippen molar-refractivity contribution in [3.05, 3.63) is 11.8 Å². The molecule has 2 amide bonds. The number of carbonyl (C=O) groups is 2. The van der Waals surface area contributed by atoms with Crippen LogP contribution in [-0.2, 0) is 0 Å². The number of carboxylic acids is 1. The highest BCUT2D eigenvalue weighted by Crippen LogP contribution is 2.24. The van der Waals surface area contributed by atoms with Gasteiger partial charge in [-0.1, -0.05) is 4.98 Å². The second kappa shape index (κ2) is 5.73. The van der Waals surface area contributed by atoms with Gasteiger partial charge in [0.25, 0.3) is 5.82 Å². The molecule has 3 heterocycles. The van der Waals surface area contributed by atoms with Gasteiger partial charge in [0.05, 0.1) is 31.9 Å². The third kappa shape index (κ3) is 2.89. The van der Waals surface area contributed by atoms with E-state index in [-0.39, 0.29) is 28.9 Å². The fourth-order valence-electron chi connectivity index (χ4n) is 2.92. The van der Waals surface area contributed by atoms with Crippen LogP contribution in [0.4, 0.5) is 16.6 Å². The van der Waals surface area contributed by atoms with Gasteiger partial charge in [-0.3, -0.25) is 0 Å². The van der Waals surface area contributed by atoms with Crippen LogP contribution >= 0.6 is 0 Å². The molecule has 0 saturated carbocycles. The van der Waals surface area contributed by atoms with Crippen molar-refractivity contribution in [3.8, 4) is 0 Å². The molecule has 2 aliphatic heterocycles. The van der Waals surface area contributed by atoms with Crippen LogP contribution in [0.1, 0.15) is 37.0 Å².